The first-order valence-corrected chi connectivity index (χ1v) is 6.91. The summed E-state index contributed by atoms with van der Waals surface area (Å²) in [7, 11) is 0. The fourth-order valence-corrected chi connectivity index (χ4v) is 1.67. The number of amides is 2. The first-order valence-electron chi connectivity index (χ1n) is 6.38. The summed E-state index contributed by atoms with van der Waals surface area (Å²) in [6.07, 6.45) is 3.84. The molecule has 0 aliphatic rings. The van der Waals surface area contributed by atoms with Crippen LogP contribution >= 0.6 is 11.6 Å². The van der Waals surface area contributed by atoms with Gasteiger partial charge in [-0.05, 0) is 18.9 Å². The highest BCUT2D eigenvalue weighted by Gasteiger charge is 2.17. The maximum atomic E-state index is 11.8. The zero-order chi connectivity index (χ0) is 14.8. The molecule has 0 unspecified atom stereocenters. The number of imide groups is 1. The normalized spacial score (nSPS) is 10.7. The number of allylic oxidation sites excluding steroid dienone is 1. The summed E-state index contributed by atoms with van der Waals surface area (Å²) in [6.45, 7) is 2.07. The van der Waals surface area contributed by atoms with Gasteiger partial charge in [0.05, 0.1) is 0 Å². The van der Waals surface area contributed by atoms with E-state index in [0.717, 1.165) is 10.5 Å². The SMILES string of the molecule is CCOCC(=O)N(/C=C/Cc1ccccc1)C(=O)CCl. The fraction of sp³-hybridized carbons (Fsp3) is 0.333. The minimum Gasteiger partial charge on any atom is -0.372 e. The molecule has 0 saturated carbocycles. The quantitative estimate of drug-likeness (QED) is 0.726. The highest BCUT2D eigenvalue weighted by atomic mass is 35.5. The van der Waals surface area contributed by atoms with E-state index in [0.29, 0.717) is 13.0 Å². The second-order valence-electron chi connectivity index (χ2n) is 4.00. The van der Waals surface area contributed by atoms with Crippen LogP contribution in [0.3, 0.4) is 0 Å². The minimum atomic E-state index is -0.458. The Balaban J connectivity index is 2.64. The average Bonchev–Trinajstić information content (AvgIpc) is 2.49. The molecular weight excluding hydrogens is 278 g/mol. The number of nitrogens with zero attached hydrogens (tertiary/aromatic N) is 1. The van der Waals surface area contributed by atoms with E-state index < -0.39 is 11.8 Å². The van der Waals surface area contributed by atoms with Crippen molar-refractivity contribution in [2.24, 2.45) is 0 Å². The molecule has 1 rings (SSSR count). The Labute approximate surface area is 124 Å². The van der Waals surface area contributed by atoms with Gasteiger partial charge in [0.2, 0.25) is 5.91 Å². The number of hydrogen-bond acceptors (Lipinski definition) is 3. The summed E-state index contributed by atoms with van der Waals surface area (Å²) in [5, 5.41) is 0. The number of ether oxygens (including phenoxy) is 1. The second kappa shape index (κ2) is 9.28. The van der Waals surface area contributed by atoms with Crippen molar-refractivity contribution in [2.45, 2.75) is 13.3 Å². The van der Waals surface area contributed by atoms with Gasteiger partial charge < -0.3 is 4.74 Å². The van der Waals surface area contributed by atoms with E-state index >= 15 is 0 Å². The van der Waals surface area contributed by atoms with E-state index in [9.17, 15) is 9.59 Å². The second-order valence-corrected chi connectivity index (χ2v) is 4.27. The molecular formula is C15H18ClNO3. The zero-order valence-corrected chi connectivity index (χ0v) is 12.2. The summed E-state index contributed by atoms with van der Waals surface area (Å²) < 4.78 is 5.02. The number of alkyl halides is 1. The van der Waals surface area contributed by atoms with Crippen molar-refractivity contribution < 1.29 is 14.3 Å². The van der Waals surface area contributed by atoms with Gasteiger partial charge in [0.15, 0.2) is 0 Å². The van der Waals surface area contributed by atoms with Gasteiger partial charge in [-0.3, -0.25) is 14.5 Å². The van der Waals surface area contributed by atoms with Crippen molar-refractivity contribution in [2.75, 3.05) is 19.1 Å². The number of carbonyl (C=O) groups is 2. The Hall–Kier alpha value is -1.65. The summed E-state index contributed by atoms with van der Waals surface area (Å²) in [4.78, 5) is 24.4. The third kappa shape index (κ3) is 5.55. The lowest BCUT2D eigenvalue weighted by Crippen LogP contribution is -2.35. The number of benzene rings is 1. The Morgan fingerprint density at radius 3 is 2.55 bits per heavy atom. The molecule has 1 aromatic rings. The lowest BCUT2D eigenvalue weighted by atomic mass is 10.1. The number of hydrogen-bond donors (Lipinski definition) is 0. The number of carbonyl (C=O) groups excluding carboxylic acids is 2. The summed E-state index contributed by atoms with van der Waals surface area (Å²) in [5.74, 6) is -1.12. The van der Waals surface area contributed by atoms with Crippen LogP contribution in [-0.2, 0) is 20.7 Å². The van der Waals surface area contributed by atoms with E-state index in [2.05, 4.69) is 0 Å². The third-order valence-electron chi connectivity index (χ3n) is 2.53. The van der Waals surface area contributed by atoms with Gasteiger partial charge in [-0.15, -0.1) is 11.6 Å². The molecule has 5 heteroatoms. The monoisotopic (exact) mass is 295 g/mol. The third-order valence-corrected chi connectivity index (χ3v) is 2.76. The topological polar surface area (TPSA) is 46.6 Å². The van der Waals surface area contributed by atoms with E-state index in [-0.39, 0.29) is 12.5 Å². The van der Waals surface area contributed by atoms with Crippen LogP contribution in [0, 0.1) is 0 Å². The molecule has 0 spiro atoms. The standard InChI is InChI=1S/C15H18ClNO3/c1-2-20-12-15(19)17(14(18)11-16)10-6-9-13-7-4-3-5-8-13/h3-8,10H,2,9,11-12H2,1H3/b10-6+. The number of rotatable bonds is 7. The molecule has 4 nitrogen and oxygen atoms in total. The highest BCUT2D eigenvalue weighted by Crippen LogP contribution is 2.02. The lowest BCUT2D eigenvalue weighted by Gasteiger charge is -2.15. The van der Waals surface area contributed by atoms with Gasteiger partial charge in [0, 0.05) is 12.8 Å². The average molecular weight is 296 g/mol. The fourth-order valence-electron chi connectivity index (χ4n) is 1.54. The molecule has 0 fully saturated rings. The van der Waals surface area contributed by atoms with Gasteiger partial charge in [0.25, 0.3) is 5.91 Å². The summed E-state index contributed by atoms with van der Waals surface area (Å²) >= 11 is 5.50. The largest absolute Gasteiger partial charge is 0.372 e. The zero-order valence-electron chi connectivity index (χ0n) is 11.4. The molecule has 0 heterocycles. The molecule has 0 aliphatic heterocycles. The van der Waals surface area contributed by atoms with Crippen LogP contribution < -0.4 is 0 Å². The Morgan fingerprint density at radius 1 is 1.25 bits per heavy atom. The lowest BCUT2D eigenvalue weighted by molar-refractivity contribution is -0.142. The van der Waals surface area contributed by atoms with Crippen LogP contribution in [0.1, 0.15) is 12.5 Å². The number of halogens is 1. The van der Waals surface area contributed by atoms with Gasteiger partial charge in [-0.1, -0.05) is 36.4 Å². The van der Waals surface area contributed by atoms with Crippen LogP contribution in [-0.4, -0.2) is 35.8 Å². The molecule has 0 N–H and O–H groups in total. The van der Waals surface area contributed by atoms with E-state index in [4.69, 9.17) is 16.3 Å². The van der Waals surface area contributed by atoms with E-state index in [1.807, 2.05) is 30.3 Å². The van der Waals surface area contributed by atoms with Gasteiger partial charge in [-0.25, -0.2) is 0 Å². The van der Waals surface area contributed by atoms with Crippen molar-refractivity contribution in [3.63, 3.8) is 0 Å². The minimum absolute atomic E-state index is 0.130. The van der Waals surface area contributed by atoms with Crippen LogP contribution in [0.5, 0.6) is 0 Å². The van der Waals surface area contributed by atoms with Crippen LogP contribution in [0.15, 0.2) is 42.6 Å². The van der Waals surface area contributed by atoms with E-state index in [1.165, 1.54) is 6.20 Å². The van der Waals surface area contributed by atoms with Crippen LogP contribution in [0.4, 0.5) is 0 Å². The molecule has 0 bridgehead atoms. The molecule has 1 aromatic carbocycles. The molecule has 0 saturated heterocycles. The van der Waals surface area contributed by atoms with Crippen molar-refractivity contribution in [1.29, 1.82) is 0 Å². The van der Waals surface area contributed by atoms with Crippen molar-refractivity contribution in [3.8, 4) is 0 Å². The van der Waals surface area contributed by atoms with Gasteiger partial charge >= 0.3 is 0 Å². The molecule has 0 aromatic heterocycles. The maximum absolute atomic E-state index is 11.8. The molecule has 0 radical (unpaired) electrons. The first-order chi connectivity index (χ1) is 9.69. The highest BCUT2D eigenvalue weighted by molar-refractivity contribution is 6.28. The smallest absolute Gasteiger partial charge is 0.259 e. The first kappa shape index (κ1) is 16.4. The molecule has 20 heavy (non-hydrogen) atoms. The predicted octanol–water partition coefficient (Wildman–Crippen LogP) is 2.37. The molecule has 0 aliphatic carbocycles. The molecule has 0 atom stereocenters. The van der Waals surface area contributed by atoms with Crippen molar-refractivity contribution in [1.82, 2.24) is 4.90 Å². The predicted molar refractivity (Wildman–Crippen MR) is 78.4 cm³/mol. The van der Waals surface area contributed by atoms with Crippen LogP contribution in [0.25, 0.3) is 0 Å². The Morgan fingerprint density at radius 2 is 1.95 bits per heavy atom. The van der Waals surface area contributed by atoms with Crippen molar-refractivity contribution >= 4 is 23.4 Å². The summed E-state index contributed by atoms with van der Waals surface area (Å²) in [6, 6.07) is 9.75. The van der Waals surface area contributed by atoms with Gasteiger partial charge in [-0.2, -0.15) is 0 Å². The van der Waals surface area contributed by atoms with E-state index in [1.54, 1.807) is 13.0 Å². The maximum Gasteiger partial charge on any atom is 0.259 e. The Kier molecular flexibility index (Phi) is 7.62. The summed E-state index contributed by atoms with van der Waals surface area (Å²) in [5.41, 5.74) is 1.10. The Bertz CT molecular complexity index is 459. The molecule has 108 valence electrons. The van der Waals surface area contributed by atoms with Crippen LogP contribution in [0.2, 0.25) is 0 Å². The van der Waals surface area contributed by atoms with Gasteiger partial charge in [0.1, 0.15) is 12.5 Å². The molecule has 2 amide bonds. The van der Waals surface area contributed by atoms with Crippen molar-refractivity contribution in [3.05, 3.63) is 48.2 Å².